The van der Waals surface area contributed by atoms with Crippen LogP contribution in [0.3, 0.4) is 0 Å². The highest BCUT2D eigenvalue weighted by molar-refractivity contribution is 4.87. The first-order valence-corrected chi connectivity index (χ1v) is 3.02. The van der Waals surface area contributed by atoms with E-state index in [9.17, 15) is 0 Å². The van der Waals surface area contributed by atoms with E-state index in [1.165, 1.54) is 0 Å². The fourth-order valence-electron chi connectivity index (χ4n) is 0.580. The zero-order valence-corrected chi connectivity index (χ0v) is 5.85. The molecule has 4 nitrogen and oxygen atoms in total. The molecule has 0 aliphatic heterocycles. The van der Waals surface area contributed by atoms with Crippen molar-refractivity contribution < 1.29 is 0 Å². The molecular weight excluding hydrogens is 116 g/mol. The Bertz CT molecular complexity index is 69.4. The lowest BCUT2D eigenvalue weighted by atomic mass is 10.0. The number of nitrogens with two attached hydrogens (primary N) is 3. The lowest BCUT2D eigenvalue weighted by Gasteiger charge is -2.25. The van der Waals surface area contributed by atoms with Gasteiger partial charge in [-0.1, -0.05) is 0 Å². The maximum atomic E-state index is 5.69. The third-order valence-electron chi connectivity index (χ3n) is 1.34. The van der Waals surface area contributed by atoms with E-state index in [1.54, 1.807) is 0 Å². The van der Waals surface area contributed by atoms with Crippen LogP contribution in [0.5, 0.6) is 0 Å². The van der Waals surface area contributed by atoms with Crippen molar-refractivity contribution in [1.82, 2.24) is 5.32 Å². The van der Waals surface area contributed by atoms with Crippen LogP contribution >= 0.6 is 0 Å². The van der Waals surface area contributed by atoms with E-state index in [-0.39, 0.29) is 0 Å². The van der Waals surface area contributed by atoms with Gasteiger partial charge in [-0.25, -0.2) is 0 Å². The van der Waals surface area contributed by atoms with Crippen molar-refractivity contribution in [3.05, 3.63) is 0 Å². The molecular formula is C5H16N4. The molecule has 0 amide bonds. The highest BCUT2D eigenvalue weighted by Gasteiger charge is 2.18. The minimum Gasteiger partial charge on any atom is -0.329 e. The van der Waals surface area contributed by atoms with Crippen molar-refractivity contribution in [1.29, 1.82) is 0 Å². The van der Waals surface area contributed by atoms with Crippen molar-refractivity contribution in [3.63, 3.8) is 0 Å². The third-order valence-corrected chi connectivity index (χ3v) is 1.34. The average Bonchev–Trinajstić information content (AvgIpc) is 1.89. The second-order valence-electron chi connectivity index (χ2n) is 2.30. The standard InChI is InChI=1S/C5H16N4/c1-9-4-5(8,2-6)3-7/h9H,2-4,6-8H2,1H3. The first-order chi connectivity index (χ1) is 4.18. The van der Waals surface area contributed by atoms with Gasteiger partial charge >= 0.3 is 0 Å². The molecule has 0 bridgehead atoms. The van der Waals surface area contributed by atoms with Crippen molar-refractivity contribution in [2.24, 2.45) is 17.2 Å². The van der Waals surface area contributed by atoms with Crippen LogP contribution in [0.4, 0.5) is 0 Å². The molecule has 0 aliphatic carbocycles. The first kappa shape index (κ1) is 8.84. The first-order valence-electron chi connectivity index (χ1n) is 3.02. The lowest BCUT2D eigenvalue weighted by Crippen LogP contribution is -2.58. The van der Waals surface area contributed by atoms with E-state index >= 15 is 0 Å². The SMILES string of the molecule is CNCC(N)(CN)CN. The molecule has 0 saturated carbocycles. The summed E-state index contributed by atoms with van der Waals surface area (Å²) in [6.07, 6.45) is 0. The molecule has 0 aromatic heterocycles. The molecule has 0 radical (unpaired) electrons. The van der Waals surface area contributed by atoms with Crippen LogP contribution in [0.15, 0.2) is 0 Å². The predicted molar refractivity (Wildman–Crippen MR) is 39.0 cm³/mol. The molecule has 0 unspecified atom stereocenters. The Balaban J connectivity index is 3.62. The lowest BCUT2D eigenvalue weighted by molar-refractivity contribution is 0.427. The highest BCUT2D eigenvalue weighted by atomic mass is 14.9. The van der Waals surface area contributed by atoms with Crippen LogP contribution < -0.4 is 22.5 Å². The molecule has 0 rings (SSSR count). The van der Waals surface area contributed by atoms with Crippen molar-refractivity contribution in [2.45, 2.75) is 5.54 Å². The molecule has 9 heavy (non-hydrogen) atoms. The van der Waals surface area contributed by atoms with Crippen molar-refractivity contribution in [2.75, 3.05) is 26.7 Å². The van der Waals surface area contributed by atoms with E-state index < -0.39 is 5.54 Å². The Labute approximate surface area is 55.8 Å². The second-order valence-corrected chi connectivity index (χ2v) is 2.30. The number of hydrogen-bond donors (Lipinski definition) is 4. The van der Waals surface area contributed by atoms with Gasteiger partial charge in [0, 0.05) is 19.6 Å². The van der Waals surface area contributed by atoms with E-state index in [1.807, 2.05) is 7.05 Å². The molecule has 0 saturated heterocycles. The van der Waals surface area contributed by atoms with Crippen LogP contribution in [0.1, 0.15) is 0 Å². The zero-order valence-electron chi connectivity index (χ0n) is 5.85. The summed E-state index contributed by atoms with van der Waals surface area (Å²) in [6, 6.07) is 0. The van der Waals surface area contributed by atoms with Crippen LogP contribution in [-0.4, -0.2) is 32.2 Å². The molecule has 56 valence electrons. The van der Waals surface area contributed by atoms with Gasteiger partial charge in [-0.05, 0) is 7.05 Å². The van der Waals surface area contributed by atoms with Gasteiger partial charge in [0.25, 0.3) is 0 Å². The second kappa shape index (κ2) is 3.79. The van der Waals surface area contributed by atoms with Gasteiger partial charge in [0.2, 0.25) is 0 Å². The van der Waals surface area contributed by atoms with Crippen LogP contribution in [0.2, 0.25) is 0 Å². The number of likely N-dealkylation sites (N-methyl/N-ethyl adjacent to an activating group) is 1. The Morgan fingerprint density at radius 3 is 1.89 bits per heavy atom. The van der Waals surface area contributed by atoms with Gasteiger partial charge in [0.05, 0.1) is 5.54 Å². The summed E-state index contributed by atoms with van der Waals surface area (Å²) < 4.78 is 0. The quantitative estimate of drug-likeness (QED) is 0.350. The van der Waals surface area contributed by atoms with E-state index in [2.05, 4.69) is 5.32 Å². The molecule has 4 heteroatoms. The smallest absolute Gasteiger partial charge is 0.0528 e. The van der Waals surface area contributed by atoms with Gasteiger partial charge in [-0.2, -0.15) is 0 Å². The fourth-order valence-corrected chi connectivity index (χ4v) is 0.580. The maximum Gasteiger partial charge on any atom is 0.0528 e. The molecule has 0 atom stereocenters. The molecule has 7 N–H and O–H groups in total. The molecule has 0 aromatic rings. The number of nitrogens with one attached hydrogen (secondary N) is 1. The fraction of sp³-hybridized carbons (Fsp3) is 1.00. The Hall–Kier alpha value is -0.160. The van der Waals surface area contributed by atoms with Gasteiger partial charge < -0.3 is 22.5 Å². The predicted octanol–water partition coefficient (Wildman–Crippen LogP) is -2.18. The van der Waals surface area contributed by atoms with E-state index in [0.29, 0.717) is 19.6 Å². The van der Waals surface area contributed by atoms with Gasteiger partial charge in [-0.3, -0.25) is 0 Å². The Morgan fingerprint density at radius 2 is 1.78 bits per heavy atom. The highest BCUT2D eigenvalue weighted by Crippen LogP contribution is 1.90. The Kier molecular flexibility index (Phi) is 3.72. The summed E-state index contributed by atoms with van der Waals surface area (Å²) in [5, 5.41) is 2.93. The van der Waals surface area contributed by atoms with Gasteiger partial charge in [-0.15, -0.1) is 0 Å². The average molecular weight is 132 g/mol. The summed E-state index contributed by atoms with van der Waals surface area (Å²) in [5.74, 6) is 0. The Morgan fingerprint density at radius 1 is 1.33 bits per heavy atom. The molecule has 0 aromatic carbocycles. The minimum atomic E-state index is -0.422. The molecule has 0 heterocycles. The van der Waals surface area contributed by atoms with Crippen LogP contribution in [0, 0.1) is 0 Å². The number of rotatable bonds is 4. The molecule has 0 fully saturated rings. The van der Waals surface area contributed by atoms with Crippen molar-refractivity contribution >= 4 is 0 Å². The molecule has 0 aliphatic rings. The summed E-state index contributed by atoms with van der Waals surface area (Å²) >= 11 is 0. The van der Waals surface area contributed by atoms with Crippen LogP contribution in [-0.2, 0) is 0 Å². The minimum absolute atomic E-state index is 0.421. The number of hydrogen-bond acceptors (Lipinski definition) is 4. The molecule has 0 spiro atoms. The van der Waals surface area contributed by atoms with Crippen LogP contribution in [0.25, 0.3) is 0 Å². The largest absolute Gasteiger partial charge is 0.329 e. The third kappa shape index (κ3) is 2.76. The summed E-state index contributed by atoms with van der Waals surface area (Å²) in [5.41, 5.74) is 16.0. The van der Waals surface area contributed by atoms with Gasteiger partial charge in [0.15, 0.2) is 0 Å². The van der Waals surface area contributed by atoms with E-state index in [4.69, 9.17) is 17.2 Å². The van der Waals surface area contributed by atoms with E-state index in [0.717, 1.165) is 0 Å². The topological polar surface area (TPSA) is 90.1 Å². The summed E-state index contributed by atoms with van der Waals surface area (Å²) in [7, 11) is 1.83. The summed E-state index contributed by atoms with van der Waals surface area (Å²) in [4.78, 5) is 0. The van der Waals surface area contributed by atoms with Crippen molar-refractivity contribution in [3.8, 4) is 0 Å². The monoisotopic (exact) mass is 132 g/mol. The summed E-state index contributed by atoms with van der Waals surface area (Å²) in [6.45, 7) is 1.51. The zero-order chi connectivity index (χ0) is 7.33. The van der Waals surface area contributed by atoms with Gasteiger partial charge in [0.1, 0.15) is 0 Å². The normalized spacial score (nSPS) is 12.0. The maximum absolute atomic E-state index is 5.69.